The SMILES string of the molecule is C/C=C/Cc1nc(-c2ccccc2)nn1Cc1ccc(-c2ccccc2-c2nnn[nH]2)cc1. The summed E-state index contributed by atoms with van der Waals surface area (Å²) in [5.74, 6) is 2.35. The number of hydrogen-bond acceptors (Lipinski definition) is 5. The smallest absolute Gasteiger partial charge is 0.181 e. The Kier molecular flexibility index (Phi) is 5.84. The van der Waals surface area contributed by atoms with E-state index in [0.717, 1.165) is 45.9 Å². The summed E-state index contributed by atoms with van der Waals surface area (Å²) in [6.45, 7) is 2.67. The fourth-order valence-corrected chi connectivity index (χ4v) is 3.76. The van der Waals surface area contributed by atoms with Crippen molar-refractivity contribution in [2.45, 2.75) is 19.9 Å². The number of H-pyrrole nitrogens is 1. The lowest BCUT2D eigenvalue weighted by Crippen LogP contribution is -2.06. The summed E-state index contributed by atoms with van der Waals surface area (Å²) in [4.78, 5) is 4.80. The van der Waals surface area contributed by atoms with E-state index in [4.69, 9.17) is 10.1 Å². The molecule has 0 aliphatic carbocycles. The quantitative estimate of drug-likeness (QED) is 0.367. The lowest BCUT2D eigenvalue weighted by atomic mass is 9.98. The fourth-order valence-electron chi connectivity index (χ4n) is 3.76. The van der Waals surface area contributed by atoms with Crippen LogP contribution in [-0.2, 0) is 13.0 Å². The van der Waals surface area contributed by atoms with E-state index in [2.05, 4.69) is 57.0 Å². The molecule has 33 heavy (non-hydrogen) atoms. The van der Waals surface area contributed by atoms with Gasteiger partial charge in [-0.15, -0.1) is 5.10 Å². The van der Waals surface area contributed by atoms with Crippen LogP contribution in [0.3, 0.4) is 0 Å². The predicted molar refractivity (Wildman–Crippen MR) is 128 cm³/mol. The number of benzene rings is 3. The Morgan fingerprint density at radius 1 is 0.848 bits per heavy atom. The third-order valence-electron chi connectivity index (χ3n) is 5.44. The highest BCUT2D eigenvalue weighted by molar-refractivity contribution is 5.80. The molecular weight excluding hydrogens is 410 g/mol. The highest BCUT2D eigenvalue weighted by atomic mass is 15.5. The molecule has 1 N–H and O–H groups in total. The van der Waals surface area contributed by atoms with Gasteiger partial charge in [0.25, 0.3) is 0 Å². The van der Waals surface area contributed by atoms with Gasteiger partial charge in [0.15, 0.2) is 11.6 Å². The average molecular weight is 434 g/mol. The zero-order valence-corrected chi connectivity index (χ0v) is 18.3. The first-order chi connectivity index (χ1) is 16.3. The Morgan fingerprint density at radius 2 is 1.61 bits per heavy atom. The van der Waals surface area contributed by atoms with Crippen molar-refractivity contribution in [3.05, 3.63) is 102 Å². The molecule has 0 bridgehead atoms. The molecule has 5 aromatic rings. The molecule has 0 saturated carbocycles. The standard InChI is InChI=1S/C26H23N7/c1-2-3-13-24-27-25(21-9-5-4-6-10-21)30-33(24)18-19-14-16-20(17-15-19)22-11-7-8-12-23(22)26-28-31-32-29-26/h2-12,14-17H,13,18H2,1H3,(H,28,29,31,32)/b3-2+. The second kappa shape index (κ2) is 9.40. The van der Waals surface area contributed by atoms with Crippen LogP contribution in [0.15, 0.2) is 91.0 Å². The molecule has 0 spiro atoms. The van der Waals surface area contributed by atoms with Gasteiger partial charge >= 0.3 is 0 Å². The predicted octanol–water partition coefficient (Wildman–Crippen LogP) is 4.96. The van der Waals surface area contributed by atoms with Crippen molar-refractivity contribution in [2.75, 3.05) is 0 Å². The first-order valence-corrected chi connectivity index (χ1v) is 10.8. The van der Waals surface area contributed by atoms with Gasteiger partial charge in [0.05, 0.1) is 6.54 Å². The highest BCUT2D eigenvalue weighted by Gasteiger charge is 2.13. The van der Waals surface area contributed by atoms with Crippen LogP contribution in [0.2, 0.25) is 0 Å². The summed E-state index contributed by atoms with van der Waals surface area (Å²) in [5, 5.41) is 19.1. The van der Waals surface area contributed by atoms with Crippen LogP contribution < -0.4 is 0 Å². The average Bonchev–Trinajstić information content (AvgIpc) is 3.54. The molecule has 0 radical (unpaired) electrons. The van der Waals surface area contributed by atoms with Gasteiger partial charge in [-0.1, -0.05) is 91.0 Å². The first kappa shape index (κ1) is 20.5. The lowest BCUT2D eigenvalue weighted by molar-refractivity contribution is 0.651. The van der Waals surface area contributed by atoms with E-state index in [1.807, 2.05) is 66.2 Å². The molecule has 3 aromatic carbocycles. The minimum absolute atomic E-state index is 0.652. The largest absolute Gasteiger partial charge is 0.245 e. The molecule has 7 nitrogen and oxygen atoms in total. The molecule has 0 amide bonds. The zero-order valence-electron chi connectivity index (χ0n) is 18.3. The first-order valence-electron chi connectivity index (χ1n) is 10.8. The zero-order chi connectivity index (χ0) is 22.5. The molecule has 0 aliphatic rings. The van der Waals surface area contributed by atoms with Crippen LogP contribution >= 0.6 is 0 Å². The van der Waals surface area contributed by atoms with E-state index in [1.54, 1.807) is 0 Å². The van der Waals surface area contributed by atoms with Crippen molar-refractivity contribution in [3.8, 4) is 33.9 Å². The number of aromatic amines is 1. The molecule has 0 unspecified atom stereocenters. The molecule has 5 rings (SSSR count). The maximum atomic E-state index is 4.80. The van der Waals surface area contributed by atoms with E-state index in [1.165, 1.54) is 0 Å². The Hall–Kier alpha value is -4.39. The van der Waals surface area contributed by atoms with Gasteiger partial charge in [0, 0.05) is 17.5 Å². The maximum absolute atomic E-state index is 4.80. The van der Waals surface area contributed by atoms with E-state index in [-0.39, 0.29) is 0 Å². The molecule has 0 aliphatic heterocycles. The summed E-state index contributed by atoms with van der Waals surface area (Å²) in [6, 6.07) is 26.7. The van der Waals surface area contributed by atoms with Crippen molar-refractivity contribution in [1.29, 1.82) is 0 Å². The molecule has 2 aromatic heterocycles. The minimum atomic E-state index is 0.652. The summed E-state index contributed by atoms with van der Waals surface area (Å²) < 4.78 is 1.99. The lowest BCUT2D eigenvalue weighted by Gasteiger charge is -2.09. The van der Waals surface area contributed by atoms with Crippen LogP contribution in [-0.4, -0.2) is 35.4 Å². The van der Waals surface area contributed by atoms with Crippen molar-refractivity contribution in [1.82, 2.24) is 35.4 Å². The third-order valence-corrected chi connectivity index (χ3v) is 5.44. The van der Waals surface area contributed by atoms with Gasteiger partial charge in [-0.25, -0.2) is 14.8 Å². The fraction of sp³-hybridized carbons (Fsp3) is 0.115. The third kappa shape index (κ3) is 4.48. The minimum Gasteiger partial charge on any atom is -0.245 e. The number of allylic oxidation sites excluding steroid dienone is 2. The summed E-state index contributed by atoms with van der Waals surface area (Å²) in [6.07, 6.45) is 4.89. The molecule has 0 saturated heterocycles. The number of aromatic nitrogens is 7. The number of tetrazole rings is 1. The summed E-state index contributed by atoms with van der Waals surface area (Å²) >= 11 is 0. The van der Waals surface area contributed by atoms with Crippen LogP contribution in [0.1, 0.15) is 18.3 Å². The molecule has 0 fully saturated rings. The highest BCUT2D eigenvalue weighted by Crippen LogP contribution is 2.30. The molecule has 7 heteroatoms. The van der Waals surface area contributed by atoms with Crippen LogP contribution in [0.5, 0.6) is 0 Å². The van der Waals surface area contributed by atoms with Crippen molar-refractivity contribution >= 4 is 0 Å². The Labute approximate surface area is 191 Å². The van der Waals surface area contributed by atoms with E-state index in [9.17, 15) is 0 Å². The number of nitrogens with one attached hydrogen (secondary N) is 1. The molecule has 0 atom stereocenters. The van der Waals surface area contributed by atoms with Crippen LogP contribution in [0.25, 0.3) is 33.9 Å². The van der Waals surface area contributed by atoms with Crippen LogP contribution in [0, 0.1) is 0 Å². The number of nitrogens with zero attached hydrogens (tertiary/aromatic N) is 6. The number of hydrogen-bond donors (Lipinski definition) is 1. The van der Waals surface area contributed by atoms with Crippen molar-refractivity contribution in [2.24, 2.45) is 0 Å². The van der Waals surface area contributed by atoms with Gasteiger partial charge in [-0.05, 0) is 34.0 Å². The maximum Gasteiger partial charge on any atom is 0.181 e. The molecule has 162 valence electrons. The Morgan fingerprint density at radius 3 is 2.33 bits per heavy atom. The second-order valence-electron chi connectivity index (χ2n) is 7.64. The van der Waals surface area contributed by atoms with E-state index in [0.29, 0.717) is 12.4 Å². The Bertz CT molecular complexity index is 1350. The second-order valence-corrected chi connectivity index (χ2v) is 7.64. The topological polar surface area (TPSA) is 85.2 Å². The van der Waals surface area contributed by atoms with E-state index >= 15 is 0 Å². The van der Waals surface area contributed by atoms with E-state index < -0.39 is 0 Å². The van der Waals surface area contributed by atoms with Gasteiger partial charge < -0.3 is 0 Å². The normalized spacial score (nSPS) is 11.3. The van der Waals surface area contributed by atoms with Crippen molar-refractivity contribution < 1.29 is 0 Å². The van der Waals surface area contributed by atoms with Crippen LogP contribution in [0.4, 0.5) is 0 Å². The van der Waals surface area contributed by atoms with Gasteiger partial charge in [-0.3, -0.25) is 0 Å². The number of rotatable bonds is 7. The van der Waals surface area contributed by atoms with Gasteiger partial charge in [0.1, 0.15) is 5.82 Å². The van der Waals surface area contributed by atoms with Gasteiger partial charge in [-0.2, -0.15) is 5.10 Å². The summed E-state index contributed by atoms with van der Waals surface area (Å²) in [7, 11) is 0. The molecule has 2 heterocycles. The van der Waals surface area contributed by atoms with Gasteiger partial charge in [0.2, 0.25) is 0 Å². The molecular formula is C26H23N7. The summed E-state index contributed by atoms with van der Waals surface area (Å²) in [5.41, 5.74) is 5.32. The Balaban J connectivity index is 1.43. The monoisotopic (exact) mass is 433 g/mol. The van der Waals surface area contributed by atoms with Crippen molar-refractivity contribution in [3.63, 3.8) is 0 Å².